The third-order valence-electron chi connectivity index (χ3n) is 2.49. The fourth-order valence-electron chi connectivity index (χ4n) is 1.50. The minimum absolute atomic E-state index is 0.0125. The molecule has 0 saturated heterocycles. The number of primary amides is 1. The molecule has 0 saturated carbocycles. The SMILES string of the molecule is NC(=O)c1ccc(F)c(NS(=O)(=O)c2cncc(Br)c2)c1. The average Bonchev–Trinajstić information content (AvgIpc) is 2.41. The van der Waals surface area contributed by atoms with Crippen molar-refractivity contribution in [3.63, 3.8) is 0 Å². The van der Waals surface area contributed by atoms with E-state index in [0.717, 1.165) is 24.4 Å². The molecule has 0 aliphatic rings. The molecule has 1 aromatic heterocycles. The summed E-state index contributed by atoms with van der Waals surface area (Å²) in [5, 5.41) is 0. The van der Waals surface area contributed by atoms with Crippen LogP contribution in [0.2, 0.25) is 0 Å². The Morgan fingerprint density at radius 3 is 2.62 bits per heavy atom. The first kappa shape index (κ1) is 15.4. The van der Waals surface area contributed by atoms with E-state index in [1.54, 1.807) is 0 Å². The molecule has 0 aliphatic carbocycles. The summed E-state index contributed by atoms with van der Waals surface area (Å²) < 4.78 is 40.4. The van der Waals surface area contributed by atoms with Crippen molar-refractivity contribution >= 4 is 37.5 Å². The van der Waals surface area contributed by atoms with Crippen LogP contribution in [0.25, 0.3) is 0 Å². The number of carbonyl (C=O) groups is 1. The van der Waals surface area contributed by atoms with Gasteiger partial charge in [-0.2, -0.15) is 0 Å². The Labute approximate surface area is 128 Å². The number of pyridine rings is 1. The van der Waals surface area contributed by atoms with Gasteiger partial charge in [0.1, 0.15) is 10.7 Å². The van der Waals surface area contributed by atoms with Crippen molar-refractivity contribution in [1.82, 2.24) is 4.98 Å². The zero-order valence-electron chi connectivity index (χ0n) is 10.4. The van der Waals surface area contributed by atoms with E-state index in [0.29, 0.717) is 4.47 Å². The maximum atomic E-state index is 13.7. The third kappa shape index (κ3) is 3.56. The Hall–Kier alpha value is -2.00. The molecule has 0 aliphatic heterocycles. The zero-order valence-corrected chi connectivity index (χ0v) is 12.8. The summed E-state index contributed by atoms with van der Waals surface area (Å²) in [5.74, 6) is -1.62. The number of nitrogens with one attached hydrogen (secondary N) is 1. The van der Waals surface area contributed by atoms with Crippen LogP contribution in [0.3, 0.4) is 0 Å². The number of carbonyl (C=O) groups excluding carboxylic acids is 1. The molecule has 0 bridgehead atoms. The molecule has 1 heterocycles. The molecule has 2 rings (SSSR count). The van der Waals surface area contributed by atoms with Gasteiger partial charge in [0.05, 0.1) is 5.69 Å². The average molecular weight is 374 g/mol. The summed E-state index contributed by atoms with van der Waals surface area (Å²) in [7, 11) is -4.04. The number of halogens is 2. The van der Waals surface area contributed by atoms with Gasteiger partial charge in [0.15, 0.2) is 0 Å². The van der Waals surface area contributed by atoms with Crippen LogP contribution in [-0.2, 0) is 10.0 Å². The lowest BCUT2D eigenvalue weighted by molar-refractivity contribution is 0.100. The third-order valence-corrected chi connectivity index (χ3v) is 4.25. The number of hydrogen-bond acceptors (Lipinski definition) is 4. The molecule has 0 atom stereocenters. The molecule has 110 valence electrons. The van der Waals surface area contributed by atoms with Crippen molar-refractivity contribution < 1.29 is 17.6 Å². The fourth-order valence-corrected chi connectivity index (χ4v) is 3.06. The molecular formula is C12H9BrFN3O3S. The van der Waals surface area contributed by atoms with Gasteiger partial charge in [-0.05, 0) is 40.2 Å². The number of benzene rings is 1. The number of sulfonamides is 1. The summed E-state index contributed by atoms with van der Waals surface area (Å²) in [4.78, 5) is 14.6. The number of anilines is 1. The van der Waals surface area contributed by atoms with Gasteiger partial charge in [-0.1, -0.05) is 0 Å². The van der Waals surface area contributed by atoms with Gasteiger partial charge >= 0.3 is 0 Å². The minimum atomic E-state index is -4.04. The molecule has 0 unspecified atom stereocenters. The Morgan fingerprint density at radius 2 is 2.00 bits per heavy atom. The Kier molecular flexibility index (Phi) is 4.24. The van der Waals surface area contributed by atoms with E-state index in [2.05, 4.69) is 25.6 Å². The molecule has 0 spiro atoms. The molecule has 6 nitrogen and oxygen atoms in total. The standard InChI is InChI=1S/C12H9BrFN3O3S/c13-8-4-9(6-16-5-8)21(19,20)17-11-3-7(12(15)18)1-2-10(11)14/h1-6,17H,(H2,15,18). The lowest BCUT2D eigenvalue weighted by Crippen LogP contribution is -2.16. The summed E-state index contributed by atoms with van der Waals surface area (Å²) in [6, 6.07) is 4.46. The van der Waals surface area contributed by atoms with Crippen LogP contribution >= 0.6 is 15.9 Å². The van der Waals surface area contributed by atoms with Crippen molar-refractivity contribution in [2.45, 2.75) is 4.90 Å². The second kappa shape index (κ2) is 5.78. The lowest BCUT2D eigenvalue weighted by atomic mass is 10.2. The second-order valence-electron chi connectivity index (χ2n) is 4.00. The first-order valence-corrected chi connectivity index (χ1v) is 7.80. The van der Waals surface area contributed by atoms with Gasteiger partial charge < -0.3 is 5.73 Å². The first-order chi connectivity index (χ1) is 9.79. The highest BCUT2D eigenvalue weighted by atomic mass is 79.9. The predicted molar refractivity (Wildman–Crippen MR) is 77.7 cm³/mol. The van der Waals surface area contributed by atoms with Crippen LogP contribution in [0.15, 0.2) is 46.0 Å². The number of amides is 1. The lowest BCUT2D eigenvalue weighted by Gasteiger charge is -2.09. The van der Waals surface area contributed by atoms with Crippen molar-refractivity contribution in [3.8, 4) is 0 Å². The highest BCUT2D eigenvalue weighted by Crippen LogP contribution is 2.21. The number of rotatable bonds is 4. The van der Waals surface area contributed by atoms with E-state index in [4.69, 9.17) is 5.73 Å². The first-order valence-electron chi connectivity index (χ1n) is 5.52. The molecule has 1 amide bonds. The molecule has 0 radical (unpaired) electrons. The van der Waals surface area contributed by atoms with Gasteiger partial charge in [-0.15, -0.1) is 0 Å². The van der Waals surface area contributed by atoms with Gasteiger partial charge in [0, 0.05) is 22.4 Å². The summed E-state index contributed by atoms with van der Waals surface area (Å²) in [5.41, 5.74) is 4.69. The van der Waals surface area contributed by atoms with E-state index in [9.17, 15) is 17.6 Å². The van der Waals surface area contributed by atoms with Crippen LogP contribution < -0.4 is 10.5 Å². The van der Waals surface area contributed by atoms with E-state index < -0.39 is 21.7 Å². The van der Waals surface area contributed by atoms with Gasteiger partial charge in [0.2, 0.25) is 5.91 Å². The van der Waals surface area contributed by atoms with E-state index in [-0.39, 0.29) is 16.1 Å². The minimum Gasteiger partial charge on any atom is -0.366 e. The number of nitrogens with zero attached hydrogens (tertiary/aromatic N) is 1. The monoisotopic (exact) mass is 373 g/mol. The normalized spacial score (nSPS) is 11.1. The van der Waals surface area contributed by atoms with Gasteiger partial charge in [-0.3, -0.25) is 14.5 Å². The molecule has 3 N–H and O–H groups in total. The molecule has 9 heteroatoms. The summed E-state index contributed by atoms with van der Waals surface area (Å²) in [6.45, 7) is 0. The van der Waals surface area contributed by atoms with Crippen LogP contribution in [-0.4, -0.2) is 19.3 Å². The molecular weight excluding hydrogens is 365 g/mol. The van der Waals surface area contributed by atoms with Crippen LogP contribution in [0.5, 0.6) is 0 Å². The highest BCUT2D eigenvalue weighted by molar-refractivity contribution is 9.10. The Morgan fingerprint density at radius 1 is 1.29 bits per heavy atom. The molecule has 1 aromatic carbocycles. The maximum absolute atomic E-state index is 13.7. The van der Waals surface area contributed by atoms with Crippen molar-refractivity contribution in [3.05, 3.63) is 52.5 Å². The molecule has 21 heavy (non-hydrogen) atoms. The van der Waals surface area contributed by atoms with Crippen molar-refractivity contribution in [1.29, 1.82) is 0 Å². The number of aromatic nitrogens is 1. The maximum Gasteiger partial charge on any atom is 0.263 e. The van der Waals surface area contributed by atoms with E-state index >= 15 is 0 Å². The Bertz CT molecular complexity index is 811. The number of hydrogen-bond donors (Lipinski definition) is 2. The van der Waals surface area contributed by atoms with Crippen molar-refractivity contribution in [2.24, 2.45) is 5.73 Å². The Balaban J connectivity index is 2.41. The fraction of sp³-hybridized carbons (Fsp3) is 0. The van der Waals surface area contributed by atoms with Gasteiger partial charge in [-0.25, -0.2) is 12.8 Å². The van der Waals surface area contributed by atoms with Crippen molar-refractivity contribution in [2.75, 3.05) is 4.72 Å². The smallest absolute Gasteiger partial charge is 0.263 e. The van der Waals surface area contributed by atoms with E-state index in [1.165, 1.54) is 12.3 Å². The highest BCUT2D eigenvalue weighted by Gasteiger charge is 2.18. The number of nitrogens with two attached hydrogens (primary N) is 1. The van der Waals surface area contributed by atoms with Gasteiger partial charge in [0.25, 0.3) is 10.0 Å². The van der Waals surface area contributed by atoms with Crippen LogP contribution in [0.1, 0.15) is 10.4 Å². The quantitative estimate of drug-likeness (QED) is 0.853. The van der Waals surface area contributed by atoms with E-state index in [1.807, 2.05) is 0 Å². The second-order valence-corrected chi connectivity index (χ2v) is 6.60. The topological polar surface area (TPSA) is 102 Å². The predicted octanol–water partition coefficient (Wildman–Crippen LogP) is 1.88. The van der Waals surface area contributed by atoms with Crippen LogP contribution in [0.4, 0.5) is 10.1 Å². The van der Waals surface area contributed by atoms with Crippen LogP contribution in [0, 0.1) is 5.82 Å². The summed E-state index contributed by atoms with van der Waals surface area (Å²) in [6.07, 6.45) is 2.52. The molecule has 0 fully saturated rings. The zero-order chi connectivity index (χ0) is 15.6. The largest absolute Gasteiger partial charge is 0.366 e. The summed E-state index contributed by atoms with van der Waals surface area (Å²) >= 11 is 3.10. The molecule has 2 aromatic rings.